The van der Waals surface area contributed by atoms with Crippen LogP contribution in [-0.4, -0.2) is 43.8 Å². The molecule has 0 aliphatic rings. The highest BCUT2D eigenvalue weighted by atomic mass is 16.6. The molecule has 0 aliphatic heterocycles. The number of anilines is 1. The van der Waals surface area contributed by atoms with Gasteiger partial charge in [0.15, 0.2) is 0 Å². The third kappa shape index (κ3) is 9.03. The maximum atomic E-state index is 11.9. The number of carbonyl (C=O) groups is 3. The Hall–Kier alpha value is -2.61. The zero-order valence-corrected chi connectivity index (χ0v) is 15.7. The van der Waals surface area contributed by atoms with Crippen molar-refractivity contribution in [3.63, 3.8) is 0 Å². The number of nitrogens with one attached hydrogen (secondary N) is 3. The maximum Gasteiger partial charge on any atom is 0.408 e. The summed E-state index contributed by atoms with van der Waals surface area (Å²) in [7, 11) is 1.53. The number of amides is 3. The number of alkyl carbamates (subject to hydrolysis) is 1. The lowest BCUT2D eigenvalue weighted by Gasteiger charge is -2.19. The van der Waals surface area contributed by atoms with E-state index < -0.39 is 11.7 Å². The van der Waals surface area contributed by atoms with E-state index in [0.29, 0.717) is 12.3 Å². The quantitative estimate of drug-likeness (QED) is 0.651. The van der Waals surface area contributed by atoms with Gasteiger partial charge in [-0.2, -0.15) is 0 Å². The van der Waals surface area contributed by atoms with E-state index in [-0.39, 0.29) is 31.3 Å². The number of benzene rings is 1. The van der Waals surface area contributed by atoms with Gasteiger partial charge in [-0.3, -0.25) is 9.59 Å². The lowest BCUT2D eigenvalue weighted by Crippen LogP contribution is -2.39. The van der Waals surface area contributed by atoms with Crippen molar-refractivity contribution in [2.75, 3.05) is 25.6 Å². The third-order valence-electron chi connectivity index (χ3n) is 3.09. The highest BCUT2D eigenvalue weighted by Gasteiger charge is 2.16. The van der Waals surface area contributed by atoms with Crippen molar-refractivity contribution in [3.8, 4) is 0 Å². The fourth-order valence-electron chi connectivity index (χ4n) is 1.93. The molecule has 8 heteroatoms. The van der Waals surface area contributed by atoms with Crippen LogP contribution in [-0.2, 0) is 25.6 Å². The summed E-state index contributed by atoms with van der Waals surface area (Å²) in [5.41, 5.74) is 0.749. The minimum atomic E-state index is -0.654. The van der Waals surface area contributed by atoms with Gasteiger partial charge >= 0.3 is 6.09 Å². The van der Waals surface area contributed by atoms with Crippen molar-refractivity contribution < 1.29 is 23.9 Å². The number of rotatable bonds is 8. The van der Waals surface area contributed by atoms with Gasteiger partial charge in [0.2, 0.25) is 11.8 Å². The first-order chi connectivity index (χ1) is 12.2. The molecule has 1 rings (SSSR count). The summed E-state index contributed by atoms with van der Waals surface area (Å²) in [5.74, 6) is -0.534. The molecule has 0 radical (unpaired) electrons. The Morgan fingerprint density at radius 3 is 2.38 bits per heavy atom. The van der Waals surface area contributed by atoms with Gasteiger partial charge in [0.1, 0.15) is 12.1 Å². The minimum Gasteiger partial charge on any atom is -0.444 e. The third-order valence-corrected chi connectivity index (χ3v) is 3.09. The van der Waals surface area contributed by atoms with Crippen LogP contribution in [0.3, 0.4) is 0 Å². The summed E-state index contributed by atoms with van der Waals surface area (Å²) >= 11 is 0. The number of hydrogen-bond acceptors (Lipinski definition) is 5. The first-order valence-electron chi connectivity index (χ1n) is 8.31. The van der Waals surface area contributed by atoms with Crippen molar-refractivity contribution in [1.29, 1.82) is 0 Å². The highest BCUT2D eigenvalue weighted by molar-refractivity contribution is 5.91. The molecule has 0 atom stereocenters. The molecule has 1 aromatic rings. The van der Waals surface area contributed by atoms with Gasteiger partial charge in [-0.15, -0.1) is 0 Å². The largest absolute Gasteiger partial charge is 0.444 e. The standard InChI is InChI=1S/C18H27N3O5/c1-18(2,3)26-17(24)20-12-16(23)19-11-13-7-5-6-8-14(13)21-15(22)9-10-25-4/h5-8H,9-12H2,1-4H3,(H,19,23)(H,20,24)(H,21,22). The van der Waals surface area contributed by atoms with Crippen molar-refractivity contribution in [1.82, 2.24) is 10.6 Å². The summed E-state index contributed by atoms with van der Waals surface area (Å²) in [6.07, 6.45) is -0.407. The monoisotopic (exact) mass is 365 g/mol. The van der Waals surface area contributed by atoms with Crippen LogP contribution in [0.1, 0.15) is 32.8 Å². The molecule has 3 N–H and O–H groups in total. The van der Waals surface area contributed by atoms with E-state index in [1.54, 1.807) is 39.0 Å². The summed E-state index contributed by atoms with van der Waals surface area (Å²) in [4.78, 5) is 35.2. The van der Waals surface area contributed by atoms with Gasteiger partial charge in [0.05, 0.1) is 13.0 Å². The van der Waals surface area contributed by atoms with Gasteiger partial charge in [-0.1, -0.05) is 18.2 Å². The van der Waals surface area contributed by atoms with Crippen molar-refractivity contribution in [2.24, 2.45) is 0 Å². The normalized spacial score (nSPS) is 10.8. The highest BCUT2D eigenvalue weighted by Crippen LogP contribution is 2.15. The van der Waals surface area contributed by atoms with Crippen LogP contribution in [0.25, 0.3) is 0 Å². The minimum absolute atomic E-state index is 0.169. The fourth-order valence-corrected chi connectivity index (χ4v) is 1.93. The van der Waals surface area contributed by atoms with E-state index in [2.05, 4.69) is 16.0 Å². The van der Waals surface area contributed by atoms with Crippen LogP contribution < -0.4 is 16.0 Å². The molecule has 1 aromatic carbocycles. The summed E-state index contributed by atoms with van der Waals surface area (Å²) < 4.78 is 9.93. The van der Waals surface area contributed by atoms with E-state index in [9.17, 15) is 14.4 Å². The number of methoxy groups -OCH3 is 1. The predicted molar refractivity (Wildman–Crippen MR) is 97.6 cm³/mol. The first kappa shape index (κ1) is 21.4. The number of ether oxygens (including phenoxy) is 2. The SMILES string of the molecule is COCCC(=O)Nc1ccccc1CNC(=O)CNC(=O)OC(C)(C)C. The fraction of sp³-hybridized carbons (Fsp3) is 0.500. The van der Waals surface area contributed by atoms with Gasteiger partial charge in [-0.25, -0.2) is 4.79 Å². The second-order valence-corrected chi connectivity index (χ2v) is 6.58. The van der Waals surface area contributed by atoms with E-state index in [0.717, 1.165) is 5.56 Å². The average molecular weight is 365 g/mol. The molecule has 144 valence electrons. The van der Waals surface area contributed by atoms with Crippen LogP contribution in [0, 0.1) is 0 Å². The predicted octanol–water partition coefficient (Wildman–Crippen LogP) is 1.80. The van der Waals surface area contributed by atoms with Gasteiger partial charge in [0, 0.05) is 19.3 Å². The Bertz CT molecular complexity index is 625. The van der Waals surface area contributed by atoms with Gasteiger partial charge in [0.25, 0.3) is 0 Å². The Morgan fingerprint density at radius 2 is 1.73 bits per heavy atom. The molecular weight excluding hydrogens is 338 g/mol. The first-order valence-corrected chi connectivity index (χ1v) is 8.31. The number of para-hydroxylation sites is 1. The zero-order chi connectivity index (χ0) is 19.6. The van der Waals surface area contributed by atoms with Crippen molar-refractivity contribution in [3.05, 3.63) is 29.8 Å². The lowest BCUT2D eigenvalue weighted by atomic mass is 10.1. The van der Waals surface area contributed by atoms with Crippen molar-refractivity contribution >= 4 is 23.6 Å². The second-order valence-electron chi connectivity index (χ2n) is 6.58. The Kier molecular flexibility index (Phi) is 8.57. The molecule has 0 unspecified atom stereocenters. The van der Waals surface area contributed by atoms with Crippen molar-refractivity contribution in [2.45, 2.75) is 39.3 Å². The average Bonchev–Trinajstić information content (AvgIpc) is 2.56. The molecule has 0 saturated heterocycles. The smallest absolute Gasteiger partial charge is 0.408 e. The summed E-state index contributed by atoms with van der Waals surface area (Å²) in [6.45, 7) is 5.58. The second kappa shape index (κ2) is 10.4. The molecule has 26 heavy (non-hydrogen) atoms. The number of carbonyl (C=O) groups excluding carboxylic acids is 3. The molecule has 0 aliphatic carbocycles. The molecule has 0 aromatic heterocycles. The van der Waals surface area contributed by atoms with Gasteiger partial charge < -0.3 is 25.4 Å². The van der Waals surface area contributed by atoms with E-state index >= 15 is 0 Å². The molecule has 0 saturated carbocycles. The number of hydrogen-bond donors (Lipinski definition) is 3. The van der Waals surface area contributed by atoms with Crippen LogP contribution in [0.5, 0.6) is 0 Å². The van der Waals surface area contributed by atoms with E-state index in [1.807, 2.05) is 6.07 Å². The van der Waals surface area contributed by atoms with E-state index in [1.165, 1.54) is 7.11 Å². The van der Waals surface area contributed by atoms with Crippen LogP contribution >= 0.6 is 0 Å². The molecule has 8 nitrogen and oxygen atoms in total. The maximum absolute atomic E-state index is 11.9. The van der Waals surface area contributed by atoms with E-state index in [4.69, 9.17) is 9.47 Å². The van der Waals surface area contributed by atoms with Crippen LogP contribution in [0.4, 0.5) is 10.5 Å². The zero-order valence-electron chi connectivity index (χ0n) is 15.7. The van der Waals surface area contributed by atoms with Gasteiger partial charge in [-0.05, 0) is 32.4 Å². The Labute approximate surface area is 153 Å². The Balaban J connectivity index is 2.48. The van der Waals surface area contributed by atoms with Crippen LogP contribution in [0.15, 0.2) is 24.3 Å². The Morgan fingerprint density at radius 1 is 1.04 bits per heavy atom. The summed E-state index contributed by atoms with van der Waals surface area (Å²) in [5, 5.41) is 7.86. The molecule has 0 fully saturated rings. The molecule has 0 bridgehead atoms. The lowest BCUT2D eigenvalue weighted by molar-refractivity contribution is -0.120. The molecule has 0 spiro atoms. The molecule has 0 heterocycles. The molecule has 3 amide bonds. The van der Waals surface area contributed by atoms with Crippen LogP contribution in [0.2, 0.25) is 0 Å². The summed E-state index contributed by atoms with van der Waals surface area (Å²) in [6, 6.07) is 7.16. The topological polar surface area (TPSA) is 106 Å². The molecular formula is C18H27N3O5.